The van der Waals surface area contributed by atoms with E-state index in [1.54, 1.807) is 0 Å². The molecular formula is C14H21NO. The van der Waals surface area contributed by atoms with E-state index in [4.69, 9.17) is 0 Å². The number of aryl methyl sites for hydroxylation is 1. The van der Waals surface area contributed by atoms with Crippen LogP contribution in [0.25, 0.3) is 0 Å². The molecular weight excluding hydrogens is 198 g/mol. The zero-order chi connectivity index (χ0) is 12.1. The molecule has 0 aliphatic rings. The van der Waals surface area contributed by atoms with Gasteiger partial charge in [0.05, 0.1) is 6.54 Å². The lowest BCUT2D eigenvalue weighted by molar-refractivity contribution is -0.120. The highest BCUT2D eigenvalue weighted by atomic mass is 16.1. The standard InChI is InChI=1S/C14H21NO/c1-5-12-6-8-13(9-7-12)15(4)10-14(16)11(2)3/h6-9,11H,5,10H2,1-4H3. The van der Waals surface area contributed by atoms with Gasteiger partial charge in [-0.25, -0.2) is 0 Å². The lowest BCUT2D eigenvalue weighted by Crippen LogP contribution is -2.28. The molecule has 0 aliphatic carbocycles. The monoisotopic (exact) mass is 219 g/mol. The highest BCUT2D eigenvalue weighted by molar-refractivity contribution is 5.84. The Morgan fingerprint density at radius 2 is 1.81 bits per heavy atom. The van der Waals surface area contributed by atoms with Crippen molar-refractivity contribution in [2.45, 2.75) is 27.2 Å². The number of ketones is 1. The number of rotatable bonds is 5. The molecule has 1 rings (SSSR count). The quantitative estimate of drug-likeness (QED) is 0.759. The molecule has 16 heavy (non-hydrogen) atoms. The van der Waals surface area contributed by atoms with E-state index < -0.39 is 0 Å². The summed E-state index contributed by atoms with van der Waals surface area (Å²) in [7, 11) is 1.96. The molecule has 88 valence electrons. The van der Waals surface area contributed by atoms with Crippen LogP contribution in [-0.2, 0) is 11.2 Å². The number of Topliss-reactive ketones (excluding diaryl/α,β-unsaturated/α-hetero) is 1. The minimum atomic E-state index is 0.109. The summed E-state index contributed by atoms with van der Waals surface area (Å²) in [6.07, 6.45) is 1.05. The van der Waals surface area contributed by atoms with Gasteiger partial charge in [0.2, 0.25) is 0 Å². The van der Waals surface area contributed by atoms with Crippen molar-refractivity contribution in [1.82, 2.24) is 0 Å². The van der Waals surface area contributed by atoms with E-state index in [1.807, 2.05) is 25.8 Å². The molecule has 0 amide bonds. The molecule has 0 saturated heterocycles. The van der Waals surface area contributed by atoms with E-state index in [0.29, 0.717) is 6.54 Å². The van der Waals surface area contributed by atoms with Crippen LogP contribution in [0.1, 0.15) is 26.3 Å². The van der Waals surface area contributed by atoms with Crippen LogP contribution in [0.4, 0.5) is 5.69 Å². The normalized spacial score (nSPS) is 10.6. The van der Waals surface area contributed by atoms with Crippen molar-refractivity contribution < 1.29 is 4.79 Å². The van der Waals surface area contributed by atoms with Gasteiger partial charge in [0, 0.05) is 18.7 Å². The molecule has 1 aromatic rings. The maximum absolute atomic E-state index is 11.6. The van der Waals surface area contributed by atoms with E-state index in [2.05, 4.69) is 31.2 Å². The predicted octanol–water partition coefficient (Wildman–Crippen LogP) is 2.91. The number of likely N-dealkylation sites (N-methyl/N-ethyl adjacent to an activating group) is 1. The zero-order valence-electron chi connectivity index (χ0n) is 10.7. The van der Waals surface area contributed by atoms with Crippen LogP contribution in [0.2, 0.25) is 0 Å². The molecule has 0 saturated carbocycles. The number of nitrogens with zero attached hydrogens (tertiary/aromatic N) is 1. The Morgan fingerprint density at radius 3 is 2.25 bits per heavy atom. The number of benzene rings is 1. The van der Waals surface area contributed by atoms with Crippen LogP contribution >= 0.6 is 0 Å². The Labute approximate surface area is 98.3 Å². The first-order valence-corrected chi connectivity index (χ1v) is 5.87. The molecule has 0 heterocycles. The van der Waals surface area contributed by atoms with Crippen LogP contribution in [0, 0.1) is 5.92 Å². The van der Waals surface area contributed by atoms with Gasteiger partial charge in [-0.1, -0.05) is 32.9 Å². The minimum absolute atomic E-state index is 0.109. The fourth-order valence-electron chi connectivity index (χ4n) is 1.49. The van der Waals surface area contributed by atoms with Crippen molar-refractivity contribution in [2.75, 3.05) is 18.5 Å². The predicted molar refractivity (Wildman–Crippen MR) is 68.9 cm³/mol. The second-order valence-corrected chi connectivity index (χ2v) is 4.50. The number of hydrogen-bond donors (Lipinski definition) is 0. The third kappa shape index (κ3) is 3.37. The summed E-state index contributed by atoms with van der Waals surface area (Å²) in [6.45, 7) is 6.51. The van der Waals surface area contributed by atoms with E-state index in [9.17, 15) is 4.79 Å². The van der Waals surface area contributed by atoms with Crippen molar-refractivity contribution in [3.05, 3.63) is 29.8 Å². The van der Waals surface area contributed by atoms with Gasteiger partial charge in [-0.05, 0) is 24.1 Å². The Balaban J connectivity index is 2.65. The van der Waals surface area contributed by atoms with Crippen molar-refractivity contribution in [3.8, 4) is 0 Å². The number of anilines is 1. The summed E-state index contributed by atoms with van der Waals surface area (Å²) in [5.41, 5.74) is 2.43. The van der Waals surface area contributed by atoms with Crippen LogP contribution in [0.3, 0.4) is 0 Å². The van der Waals surface area contributed by atoms with Gasteiger partial charge in [-0.3, -0.25) is 4.79 Å². The maximum atomic E-state index is 11.6. The maximum Gasteiger partial charge on any atom is 0.154 e. The Kier molecular flexibility index (Phi) is 4.53. The van der Waals surface area contributed by atoms with Crippen LogP contribution in [-0.4, -0.2) is 19.4 Å². The van der Waals surface area contributed by atoms with E-state index in [0.717, 1.165) is 12.1 Å². The van der Waals surface area contributed by atoms with Crippen molar-refractivity contribution in [1.29, 1.82) is 0 Å². The average molecular weight is 219 g/mol. The molecule has 2 heteroatoms. The molecule has 0 bridgehead atoms. The van der Waals surface area contributed by atoms with Crippen LogP contribution in [0.5, 0.6) is 0 Å². The Bertz CT molecular complexity index is 340. The van der Waals surface area contributed by atoms with Gasteiger partial charge in [0.25, 0.3) is 0 Å². The fourth-order valence-corrected chi connectivity index (χ4v) is 1.49. The lowest BCUT2D eigenvalue weighted by Gasteiger charge is -2.19. The number of hydrogen-bond acceptors (Lipinski definition) is 2. The largest absolute Gasteiger partial charge is 0.367 e. The first-order chi connectivity index (χ1) is 7.54. The van der Waals surface area contributed by atoms with E-state index in [-0.39, 0.29) is 11.7 Å². The summed E-state index contributed by atoms with van der Waals surface area (Å²) in [6, 6.07) is 8.39. The van der Waals surface area contributed by atoms with Crippen LogP contribution < -0.4 is 4.90 Å². The summed E-state index contributed by atoms with van der Waals surface area (Å²) in [5, 5.41) is 0. The minimum Gasteiger partial charge on any atom is -0.367 e. The van der Waals surface area contributed by atoms with Crippen LogP contribution in [0.15, 0.2) is 24.3 Å². The summed E-state index contributed by atoms with van der Waals surface area (Å²) >= 11 is 0. The van der Waals surface area contributed by atoms with Gasteiger partial charge in [0.15, 0.2) is 5.78 Å². The molecule has 0 fully saturated rings. The number of carbonyl (C=O) groups is 1. The SMILES string of the molecule is CCc1ccc(N(C)CC(=O)C(C)C)cc1. The molecule has 0 aromatic heterocycles. The Hall–Kier alpha value is -1.31. The second kappa shape index (κ2) is 5.69. The van der Waals surface area contributed by atoms with Crippen molar-refractivity contribution in [2.24, 2.45) is 5.92 Å². The topological polar surface area (TPSA) is 20.3 Å². The molecule has 0 radical (unpaired) electrons. The average Bonchev–Trinajstić information content (AvgIpc) is 2.28. The highest BCUT2D eigenvalue weighted by Crippen LogP contribution is 2.14. The molecule has 0 unspecified atom stereocenters. The molecule has 0 N–H and O–H groups in total. The Morgan fingerprint density at radius 1 is 1.25 bits per heavy atom. The van der Waals surface area contributed by atoms with Gasteiger partial charge in [-0.15, -0.1) is 0 Å². The molecule has 2 nitrogen and oxygen atoms in total. The third-order valence-corrected chi connectivity index (χ3v) is 2.82. The first kappa shape index (κ1) is 12.8. The molecule has 0 aliphatic heterocycles. The third-order valence-electron chi connectivity index (χ3n) is 2.82. The summed E-state index contributed by atoms with van der Waals surface area (Å²) in [4.78, 5) is 13.6. The molecule has 1 aromatic carbocycles. The summed E-state index contributed by atoms with van der Waals surface area (Å²) in [5.74, 6) is 0.388. The zero-order valence-corrected chi connectivity index (χ0v) is 10.7. The van der Waals surface area contributed by atoms with Crippen molar-refractivity contribution in [3.63, 3.8) is 0 Å². The number of carbonyl (C=O) groups excluding carboxylic acids is 1. The van der Waals surface area contributed by atoms with E-state index in [1.165, 1.54) is 5.56 Å². The van der Waals surface area contributed by atoms with Crippen molar-refractivity contribution >= 4 is 11.5 Å². The van der Waals surface area contributed by atoms with E-state index >= 15 is 0 Å². The smallest absolute Gasteiger partial charge is 0.154 e. The van der Waals surface area contributed by atoms with Gasteiger partial charge in [-0.2, -0.15) is 0 Å². The molecule has 0 spiro atoms. The van der Waals surface area contributed by atoms with Gasteiger partial charge >= 0.3 is 0 Å². The molecule has 0 atom stereocenters. The highest BCUT2D eigenvalue weighted by Gasteiger charge is 2.10. The lowest BCUT2D eigenvalue weighted by atomic mass is 10.1. The fraction of sp³-hybridized carbons (Fsp3) is 0.500. The van der Waals surface area contributed by atoms with Gasteiger partial charge < -0.3 is 4.90 Å². The van der Waals surface area contributed by atoms with Gasteiger partial charge in [0.1, 0.15) is 0 Å². The second-order valence-electron chi connectivity index (χ2n) is 4.50. The first-order valence-electron chi connectivity index (χ1n) is 5.87. The summed E-state index contributed by atoms with van der Waals surface area (Å²) < 4.78 is 0.